The quantitative estimate of drug-likeness (QED) is 0.750. The number of ether oxygens (including phenoxy) is 1. The van der Waals surface area contributed by atoms with Crippen LogP contribution in [0.4, 0.5) is 0 Å². The fourth-order valence-corrected chi connectivity index (χ4v) is 2.44. The summed E-state index contributed by atoms with van der Waals surface area (Å²) in [6.07, 6.45) is 9.89. The van der Waals surface area contributed by atoms with E-state index in [4.69, 9.17) is 10.00 Å². The molecule has 1 aromatic heterocycles. The molecule has 0 spiro atoms. The third-order valence-corrected chi connectivity index (χ3v) is 3.26. The first-order chi connectivity index (χ1) is 7.85. The molecule has 1 aliphatic carbocycles. The minimum Gasteiger partial charge on any atom is -0.420 e. The number of nitrogens with zero attached hydrogens (tertiary/aromatic N) is 2. The Balaban J connectivity index is 0.00000144. The zero-order valence-corrected chi connectivity index (χ0v) is 9.35. The Labute approximate surface area is 103 Å². The number of nitriles is 1. The molecule has 1 aliphatic rings. The zero-order chi connectivity index (χ0) is 11.3. The van der Waals surface area contributed by atoms with Gasteiger partial charge in [0.2, 0.25) is 0 Å². The van der Waals surface area contributed by atoms with Gasteiger partial charge in [-0.2, -0.15) is 5.26 Å². The molecule has 0 amide bonds. The molecule has 0 radical (unpaired) electrons. The van der Waals surface area contributed by atoms with Gasteiger partial charge in [0.05, 0.1) is 0 Å². The average Bonchev–Trinajstić information content (AvgIpc) is 2.31. The van der Waals surface area contributed by atoms with Crippen LogP contribution in [0.1, 0.15) is 45.2 Å². The average molecular weight is 232 g/mol. The fraction of sp³-hybridized carbons (Fsp3) is 0.571. The van der Waals surface area contributed by atoms with Gasteiger partial charge in [0.1, 0.15) is 5.60 Å². The van der Waals surface area contributed by atoms with E-state index in [1.807, 2.05) is 24.5 Å². The van der Waals surface area contributed by atoms with Crippen LogP contribution in [0.25, 0.3) is 0 Å². The van der Waals surface area contributed by atoms with E-state index in [2.05, 4.69) is 4.98 Å². The Morgan fingerprint density at radius 2 is 2.06 bits per heavy atom. The van der Waals surface area contributed by atoms with Crippen molar-refractivity contribution in [1.82, 2.24) is 4.98 Å². The highest BCUT2D eigenvalue weighted by Gasteiger charge is 2.34. The molecule has 1 saturated carbocycles. The third kappa shape index (κ3) is 3.45. The molecule has 0 aliphatic heterocycles. The summed E-state index contributed by atoms with van der Waals surface area (Å²) in [4.78, 5) is 4.31. The fourth-order valence-electron chi connectivity index (χ4n) is 2.44. The second-order valence-electron chi connectivity index (χ2n) is 4.43. The summed E-state index contributed by atoms with van der Waals surface area (Å²) in [5.74, 6) is 0. The summed E-state index contributed by atoms with van der Waals surface area (Å²) < 4.78 is 5.34. The predicted molar refractivity (Wildman–Crippen MR) is 67.2 cm³/mol. The van der Waals surface area contributed by atoms with Gasteiger partial charge in [-0.3, -0.25) is 4.98 Å². The molecule has 3 nitrogen and oxygen atoms in total. The zero-order valence-electron chi connectivity index (χ0n) is 9.35. The number of rotatable bonds is 3. The molecule has 0 bridgehead atoms. The Bertz CT molecular complexity index is 364. The highest BCUT2D eigenvalue weighted by molar-refractivity contribution is 5.08. The SMILES string of the molecule is C.N#COC1(Cc2ccccn2)CCCCC1. The second-order valence-corrected chi connectivity index (χ2v) is 4.43. The summed E-state index contributed by atoms with van der Waals surface area (Å²) in [5.41, 5.74) is 0.723. The van der Waals surface area contributed by atoms with Crippen LogP contribution in [0.2, 0.25) is 0 Å². The highest BCUT2D eigenvalue weighted by Crippen LogP contribution is 2.34. The lowest BCUT2D eigenvalue weighted by Crippen LogP contribution is -2.36. The van der Waals surface area contributed by atoms with Crippen molar-refractivity contribution < 1.29 is 4.74 Å². The Morgan fingerprint density at radius 3 is 2.65 bits per heavy atom. The first-order valence-corrected chi connectivity index (χ1v) is 5.82. The molecule has 0 aromatic carbocycles. The molecule has 0 atom stereocenters. The second kappa shape index (κ2) is 6.24. The molecule has 1 fully saturated rings. The predicted octanol–water partition coefficient (Wildman–Crippen LogP) is 3.46. The molecular weight excluding hydrogens is 212 g/mol. The number of pyridine rings is 1. The highest BCUT2D eigenvalue weighted by atomic mass is 16.5. The van der Waals surface area contributed by atoms with Crippen molar-refractivity contribution in [3.8, 4) is 6.26 Å². The van der Waals surface area contributed by atoms with Gasteiger partial charge in [0, 0.05) is 18.3 Å². The van der Waals surface area contributed by atoms with Gasteiger partial charge in [0.15, 0.2) is 0 Å². The van der Waals surface area contributed by atoms with Crippen molar-refractivity contribution >= 4 is 0 Å². The lowest BCUT2D eigenvalue weighted by Gasteiger charge is -2.34. The molecule has 0 unspecified atom stereocenters. The smallest absolute Gasteiger partial charge is 0.286 e. The van der Waals surface area contributed by atoms with Crippen LogP contribution in [0.5, 0.6) is 0 Å². The summed E-state index contributed by atoms with van der Waals surface area (Å²) in [7, 11) is 0. The van der Waals surface area contributed by atoms with Gasteiger partial charge >= 0.3 is 0 Å². The molecular formula is C14H20N2O. The lowest BCUT2D eigenvalue weighted by atomic mass is 9.81. The van der Waals surface area contributed by atoms with E-state index in [1.54, 1.807) is 6.20 Å². The van der Waals surface area contributed by atoms with Crippen molar-refractivity contribution in [3.05, 3.63) is 30.1 Å². The van der Waals surface area contributed by atoms with Gasteiger partial charge in [-0.15, -0.1) is 0 Å². The van der Waals surface area contributed by atoms with Crippen molar-refractivity contribution in [2.24, 2.45) is 0 Å². The standard InChI is InChI=1S/C13H16N2O.CH4/c14-11-16-13(7-3-1-4-8-13)10-12-6-2-5-9-15-12;/h2,5-6,9H,1,3-4,7-8,10H2;1H4. The number of aromatic nitrogens is 1. The summed E-state index contributed by atoms with van der Waals surface area (Å²) in [6, 6.07) is 5.88. The number of hydrogen-bond acceptors (Lipinski definition) is 3. The van der Waals surface area contributed by atoms with Crippen LogP contribution >= 0.6 is 0 Å². The first-order valence-electron chi connectivity index (χ1n) is 5.82. The van der Waals surface area contributed by atoms with Crippen molar-refractivity contribution in [2.75, 3.05) is 0 Å². The van der Waals surface area contributed by atoms with Gasteiger partial charge < -0.3 is 4.74 Å². The molecule has 1 heterocycles. The van der Waals surface area contributed by atoms with Crippen LogP contribution in [0, 0.1) is 11.5 Å². The molecule has 0 saturated heterocycles. The Morgan fingerprint density at radius 1 is 1.29 bits per heavy atom. The van der Waals surface area contributed by atoms with Crippen LogP contribution in [-0.4, -0.2) is 10.6 Å². The molecule has 2 rings (SSSR count). The minimum absolute atomic E-state index is 0. The van der Waals surface area contributed by atoms with Crippen LogP contribution in [0.15, 0.2) is 24.4 Å². The molecule has 17 heavy (non-hydrogen) atoms. The van der Waals surface area contributed by atoms with Gasteiger partial charge in [-0.1, -0.05) is 19.9 Å². The normalized spacial score (nSPS) is 17.6. The first kappa shape index (κ1) is 13.5. The topological polar surface area (TPSA) is 45.9 Å². The van der Waals surface area contributed by atoms with Crippen molar-refractivity contribution in [3.63, 3.8) is 0 Å². The van der Waals surface area contributed by atoms with E-state index < -0.39 is 0 Å². The van der Waals surface area contributed by atoms with E-state index in [0.29, 0.717) is 0 Å². The van der Waals surface area contributed by atoms with E-state index in [0.717, 1.165) is 37.8 Å². The van der Waals surface area contributed by atoms with E-state index in [1.165, 1.54) is 6.42 Å². The molecule has 1 aromatic rings. The van der Waals surface area contributed by atoms with Crippen molar-refractivity contribution in [1.29, 1.82) is 5.26 Å². The van der Waals surface area contributed by atoms with Gasteiger partial charge in [-0.05, 0) is 37.8 Å². The molecule has 0 N–H and O–H groups in total. The third-order valence-electron chi connectivity index (χ3n) is 3.26. The Kier molecular flexibility index (Phi) is 4.96. The summed E-state index contributed by atoms with van der Waals surface area (Å²) >= 11 is 0. The molecule has 92 valence electrons. The summed E-state index contributed by atoms with van der Waals surface area (Å²) in [6.45, 7) is 0. The summed E-state index contributed by atoms with van der Waals surface area (Å²) in [5, 5.41) is 8.77. The van der Waals surface area contributed by atoms with E-state index in [-0.39, 0.29) is 13.0 Å². The van der Waals surface area contributed by atoms with Crippen LogP contribution in [-0.2, 0) is 11.2 Å². The maximum atomic E-state index is 8.77. The lowest BCUT2D eigenvalue weighted by molar-refractivity contribution is -0.000247. The molecule has 3 heteroatoms. The number of hydrogen-bond donors (Lipinski definition) is 0. The van der Waals surface area contributed by atoms with E-state index >= 15 is 0 Å². The Hall–Kier alpha value is -1.56. The maximum absolute atomic E-state index is 8.77. The van der Waals surface area contributed by atoms with Crippen LogP contribution in [0.3, 0.4) is 0 Å². The van der Waals surface area contributed by atoms with Gasteiger partial charge in [0.25, 0.3) is 6.26 Å². The van der Waals surface area contributed by atoms with E-state index in [9.17, 15) is 0 Å². The minimum atomic E-state index is -0.290. The largest absolute Gasteiger partial charge is 0.420 e. The van der Waals surface area contributed by atoms with Crippen molar-refractivity contribution in [2.45, 2.75) is 51.6 Å². The monoisotopic (exact) mass is 232 g/mol. The van der Waals surface area contributed by atoms with Crippen LogP contribution < -0.4 is 0 Å². The van der Waals surface area contributed by atoms with Gasteiger partial charge in [-0.25, -0.2) is 0 Å². The maximum Gasteiger partial charge on any atom is 0.286 e.